The van der Waals surface area contributed by atoms with Crippen LogP contribution in [0.3, 0.4) is 0 Å². The molecule has 0 aromatic heterocycles. The van der Waals surface area contributed by atoms with Gasteiger partial charge in [0.25, 0.3) is 0 Å². The SMILES string of the molecule is CCCNC(=O)N(C)Cc1cccc(C(N)=S)c1. The van der Waals surface area contributed by atoms with Crippen LogP contribution in [0.15, 0.2) is 24.3 Å². The topological polar surface area (TPSA) is 58.4 Å². The third-order valence-electron chi connectivity index (χ3n) is 2.50. The molecule has 0 aliphatic heterocycles. The summed E-state index contributed by atoms with van der Waals surface area (Å²) in [6.45, 7) is 3.24. The molecule has 98 valence electrons. The molecule has 0 saturated carbocycles. The molecule has 3 N–H and O–H groups in total. The number of carbonyl (C=O) groups is 1. The molecule has 0 fully saturated rings. The van der Waals surface area contributed by atoms with E-state index in [-0.39, 0.29) is 6.03 Å². The number of nitrogens with zero attached hydrogens (tertiary/aromatic N) is 1. The number of amides is 2. The van der Waals surface area contributed by atoms with Crippen LogP contribution < -0.4 is 11.1 Å². The highest BCUT2D eigenvalue weighted by atomic mass is 32.1. The van der Waals surface area contributed by atoms with Gasteiger partial charge in [0.15, 0.2) is 0 Å². The lowest BCUT2D eigenvalue weighted by atomic mass is 10.1. The average Bonchev–Trinajstić information content (AvgIpc) is 2.36. The normalized spacial score (nSPS) is 9.89. The second-order valence-corrected chi connectivity index (χ2v) is 4.59. The Morgan fingerprint density at radius 1 is 1.50 bits per heavy atom. The highest BCUT2D eigenvalue weighted by molar-refractivity contribution is 7.80. The Bertz CT molecular complexity index is 434. The molecule has 0 bridgehead atoms. The van der Waals surface area contributed by atoms with Gasteiger partial charge in [-0.25, -0.2) is 4.79 Å². The van der Waals surface area contributed by atoms with Gasteiger partial charge in [0, 0.05) is 25.7 Å². The highest BCUT2D eigenvalue weighted by Crippen LogP contribution is 2.07. The number of hydrogen-bond donors (Lipinski definition) is 2. The van der Waals surface area contributed by atoms with Crippen LogP contribution in [0.5, 0.6) is 0 Å². The summed E-state index contributed by atoms with van der Waals surface area (Å²) in [6, 6.07) is 7.54. The lowest BCUT2D eigenvalue weighted by Gasteiger charge is -2.18. The number of rotatable bonds is 5. The minimum atomic E-state index is -0.0717. The average molecular weight is 265 g/mol. The van der Waals surface area contributed by atoms with E-state index in [9.17, 15) is 4.79 Å². The van der Waals surface area contributed by atoms with Crippen molar-refractivity contribution in [3.8, 4) is 0 Å². The molecule has 0 spiro atoms. The van der Waals surface area contributed by atoms with Crippen LogP contribution in [-0.2, 0) is 6.54 Å². The van der Waals surface area contributed by atoms with Crippen LogP contribution in [0.1, 0.15) is 24.5 Å². The summed E-state index contributed by atoms with van der Waals surface area (Å²) in [5.41, 5.74) is 7.41. The number of thiocarbonyl (C=S) groups is 1. The van der Waals surface area contributed by atoms with Crippen LogP contribution in [0.4, 0.5) is 4.79 Å². The van der Waals surface area contributed by atoms with E-state index in [1.54, 1.807) is 11.9 Å². The number of benzene rings is 1. The zero-order valence-corrected chi connectivity index (χ0v) is 11.6. The van der Waals surface area contributed by atoms with Gasteiger partial charge in [-0.3, -0.25) is 0 Å². The zero-order chi connectivity index (χ0) is 13.5. The molecule has 1 aromatic rings. The van der Waals surface area contributed by atoms with E-state index < -0.39 is 0 Å². The summed E-state index contributed by atoms with van der Waals surface area (Å²) in [5, 5.41) is 2.83. The van der Waals surface area contributed by atoms with Crippen molar-refractivity contribution in [1.82, 2.24) is 10.2 Å². The molecule has 5 heteroatoms. The van der Waals surface area contributed by atoms with Crippen LogP contribution >= 0.6 is 12.2 Å². The van der Waals surface area contributed by atoms with E-state index >= 15 is 0 Å². The summed E-state index contributed by atoms with van der Waals surface area (Å²) in [6.07, 6.45) is 0.927. The molecule has 0 aliphatic carbocycles. The molecule has 0 radical (unpaired) electrons. The van der Waals surface area contributed by atoms with Gasteiger partial charge in [0.05, 0.1) is 0 Å². The first-order valence-electron chi connectivity index (χ1n) is 5.92. The third-order valence-corrected chi connectivity index (χ3v) is 2.74. The Hall–Kier alpha value is -1.62. The van der Waals surface area contributed by atoms with Gasteiger partial charge in [-0.2, -0.15) is 0 Å². The van der Waals surface area contributed by atoms with Crippen molar-refractivity contribution in [2.45, 2.75) is 19.9 Å². The molecule has 0 saturated heterocycles. The predicted octanol–water partition coefficient (Wildman–Crippen LogP) is 1.87. The molecule has 2 amide bonds. The molecule has 1 aromatic carbocycles. The zero-order valence-electron chi connectivity index (χ0n) is 10.8. The Balaban J connectivity index is 2.63. The minimum Gasteiger partial charge on any atom is -0.389 e. The van der Waals surface area contributed by atoms with Gasteiger partial charge >= 0.3 is 6.03 Å². The van der Waals surface area contributed by atoms with E-state index in [4.69, 9.17) is 18.0 Å². The maximum absolute atomic E-state index is 11.7. The molecule has 0 aliphatic rings. The number of urea groups is 1. The van der Waals surface area contributed by atoms with Gasteiger partial charge in [-0.05, 0) is 18.1 Å². The first-order chi connectivity index (χ1) is 8.54. The van der Waals surface area contributed by atoms with Gasteiger partial charge in [0.2, 0.25) is 0 Å². The van der Waals surface area contributed by atoms with Crippen LogP contribution in [-0.4, -0.2) is 29.5 Å². The number of nitrogens with two attached hydrogens (primary N) is 1. The maximum atomic E-state index is 11.7. The smallest absolute Gasteiger partial charge is 0.317 e. The van der Waals surface area contributed by atoms with E-state index in [0.717, 1.165) is 17.5 Å². The summed E-state index contributed by atoms with van der Waals surface area (Å²) in [5.74, 6) is 0. The molecule has 0 unspecified atom stereocenters. The number of carbonyl (C=O) groups excluding carboxylic acids is 1. The maximum Gasteiger partial charge on any atom is 0.317 e. The molecule has 0 heterocycles. The van der Waals surface area contributed by atoms with Gasteiger partial charge < -0.3 is 16.0 Å². The van der Waals surface area contributed by atoms with Gasteiger partial charge in [0.1, 0.15) is 4.99 Å². The fourth-order valence-electron chi connectivity index (χ4n) is 1.54. The largest absolute Gasteiger partial charge is 0.389 e. The standard InChI is InChI=1S/C13H19N3OS/c1-3-7-15-13(17)16(2)9-10-5-4-6-11(8-10)12(14)18/h4-6,8H,3,7,9H2,1-2H3,(H2,14,18)(H,15,17). The van der Waals surface area contributed by atoms with Gasteiger partial charge in [-0.15, -0.1) is 0 Å². The summed E-state index contributed by atoms with van der Waals surface area (Å²) < 4.78 is 0. The van der Waals surface area contributed by atoms with E-state index in [2.05, 4.69) is 5.32 Å². The third kappa shape index (κ3) is 4.33. The van der Waals surface area contributed by atoms with E-state index in [1.165, 1.54) is 0 Å². The van der Waals surface area contributed by atoms with Crippen LogP contribution in [0.25, 0.3) is 0 Å². The number of hydrogen-bond acceptors (Lipinski definition) is 2. The lowest BCUT2D eigenvalue weighted by molar-refractivity contribution is 0.207. The van der Waals surface area contributed by atoms with E-state index in [0.29, 0.717) is 18.1 Å². The molecular formula is C13H19N3OS. The monoisotopic (exact) mass is 265 g/mol. The van der Waals surface area contributed by atoms with Gasteiger partial charge in [-0.1, -0.05) is 37.3 Å². The Morgan fingerprint density at radius 2 is 2.22 bits per heavy atom. The second-order valence-electron chi connectivity index (χ2n) is 4.15. The molecule has 1 rings (SSSR count). The molecular weight excluding hydrogens is 246 g/mol. The van der Waals surface area contributed by atoms with Crippen molar-refractivity contribution in [1.29, 1.82) is 0 Å². The summed E-state index contributed by atoms with van der Waals surface area (Å²) >= 11 is 4.93. The van der Waals surface area contributed by atoms with Crippen molar-refractivity contribution >= 4 is 23.2 Å². The molecule has 18 heavy (non-hydrogen) atoms. The Labute approximate surface area is 113 Å². The van der Waals surface area contributed by atoms with Crippen molar-refractivity contribution < 1.29 is 4.79 Å². The summed E-state index contributed by atoms with van der Waals surface area (Å²) in [4.78, 5) is 13.7. The van der Waals surface area contributed by atoms with Crippen molar-refractivity contribution in [3.63, 3.8) is 0 Å². The van der Waals surface area contributed by atoms with Crippen LogP contribution in [0.2, 0.25) is 0 Å². The van der Waals surface area contributed by atoms with Crippen LogP contribution in [0, 0.1) is 0 Å². The molecule has 4 nitrogen and oxygen atoms in total. The lowest BCUT2D eigenvalue weighted by Crippen LogP contribution is -2.37. The summed E-state index contributed by atoms with van der Waals surface area (Å²) in [7, 11) is 1.76. The fourth-order valence-corrected chi connectivity index (χ4v) is 1.66. The quantitative estimate of drug-likeness (QED) is 0.799. The second kappa shape index (κ2) is 6.96. The Morgan fingerprint density at radius 3 is 2.83 bits per heavy atom. The first-order valence-corrected chi connectivity index (χ1v) is 6.33. The van der Waals surface area contributed by atoms with Crippen molar-refractivity contribution in [3.05, 3.63) is 35.4 Å². The van der Waals surface area contributed by atoms with Crippen molar-refractivity contribution in [2.75, 3.05) is 13.6 Å². The highest BCUT2D eigenvalue weighted by Gasteiger charge is 2.08. The molecule has 0 atom stereocenters. The van der Waals surface area contributed by atoms with E-state index in [1.807, 2.05) is 31.2 Å². The predicted molar refractivity (Wildman–Crippen MR) is 77.5 cm³/mol. The number of nitrogens with one attached hydrogen (secondary N) is 1. The van der Waals surface area contributed by atoms with Crippen molar-refractivity contribution in [2.24, 2.45) is 5.73 Å². The Kier molecular flexibility index (Phi) is 5.58. The first kappa shape index (κ1) is 14.4. The fraction of sp³-hybridized carbons (Fsp3) is 0.385. The minimum absolute atomic E-state index is 0.0717.